The molecule has 0 amide bonds. The van der Waals surface area contributed by atoms with Crippen molar-refractivity contribution < 1.29 is 0 Å². The van der Waals surface area contributed by atoms with Crippen LogP contribution in [0.2, 0.25) is 0 Å². The van der Waals surface area contributed by atoms with Gasteiger partial charge in [0.1, 0.15) is 18.5 Å². The van der Waals surface area contributed by atoms with Crippen LogP contribution in [0.25, 0.3) is 0 Å². The first-order chi connectivity index (χ1) is 11.8. The van der Waals surface area contributed by atoms with Gasteiger partial charge < -0.3 is 4.90 Å². The molecule has 1 aliphatic rings. The second-order valence-corrected chi connectivity index (χ2v) is 5.57. The van der Waals surface area contributed by atoms with E-state index >= 15 is 0 Å². The highest BCUT2D eigenvalue weighted by molar-refractivity contribution is 5.29. The van der Waals surface area contributed by atoms with Gasteiger partial charge in [0, 0.05) is 31.5 Å². The summed E-state index contributed by atoms with van der Waals surface area (Å²) in [6.45, 7) is 2.36. The number of hydrogen-bond donors (Lipinski definition) is 0. The van der Waals surface area contributed by atoms with E-state index in [-0.39, 0.29) is 5.56 Å². The maximum absolute atomic E-state index is 12.4. The van der Waals surface area contributed by atoms with Crippen LogP contribution in [-0.4, -0.2) is 40.8 Å². The van der Waals surface area contributed by atoms with Crippen LogP contribution < -0.4 is 10.5 Å². The summed E-state index contributed by atoms with van der Waals surface area (Å²) in [5, 5.41) is 4.06. The average Bonchev–Trinajstić information content (AvgIpc) is 3.00. The van der Waals surface area contributed by atoms with Crippen LogP contribution in [0, 0.1) is 0 Å². The first-order valence-corrected chi connectivity index (χ1v) is 7.73. The fourth-order valence-electron chi connectivity index (χ4n) is 2.82. The van der Waals surface area contributed by atoms with E-state index in [0.29, 0.717) is 31.3 Å². The third-order valence-corrected chi connectivity index (χ3v) is 3.91. The number of anilines is 1. The standard InChI is InChI=1S/C15H16N8O/c24-14-7-12(8-22-11-16-10-19-22)20-13-9-21(5-2-6-23(13)14)15-17-3-1-4-18-15/h1,3-4,7,10-11H,2,5-6,8-9H2. The van der Waals surface area contributed by atoms with Crippen molar-refractivity contribution >= 4 is 5.95 Å². The summed E-state index contributed by atoms with van der Waals surface area (Å²) in [4.78, 5) is 31.7. The molecule has 3 aromatic heterocycles. The highest BCUT2D eigenvalue weighted by atomic mass is 16.1. The SMILES string of the molecule is O=c1cc(Cn2cncn2)nc2n1CCCN(c1ncccn1)C2. The van der Waals surface area contributed by atoms with Gasteiger partial charge in [-0.3, -0.25) is 9.36 Å². The van der Waals surface area contributed by atoms with Gasteiger partial charge in [-0.15, -0.1) is 0 Å². The predicted molar refractivity (Wildman–Crippen MR) is 85.3 cm³/mol. The topological polar surface area (TPSA) is 94.6 Å². The quantitative estimate of drug-likeness (QED) is 0.673. The molecule has 24 heavy (non-hydrogen) atoms. The zero-order valence-corrected chi connectivity index (χ0v) is 13.0. The van der Waals surface area contributed by atoms with Gasteiger partial charge in [-0.25, -0.2) is 24.6 Å². The lowest BCUT2D eigenvalue weighted by molar-refractivity contribution is 0.604. The van der Waals surface area contributed by atoms with Crippen LogP contribution in [0.1, 0.15) is 17.9 Å². The number of aromatic nitrogens is 7. The fraction of sp³-hybridized carbons (Fsp3) is 0.333. The Morgan fingerprint density at radius 2 is 2.04 bits per heavy atom. The van der Waals surface area contributed by atoms with Crippen LogP contribution in [0.5, 0.6) is 0 Å². The second-order valence-electron chi connectivity index (χ2n) is 5.57. The first kappa shape index (κ1) is 14.5. The van der Waals surface area contributed by atoms with Gasteiger partial charge in [0.05, 0.1) is 18.8 Å². The molecule has 0 spiro atoms. The van der Waals surface area contributed by atoms with Gasteiger partial charge in [-0.1, -0.05) is 0 Å². The Morgan fingerprint density at radius 3 is 2.83 bits per heavy atom. The molecule has 0 saturated carbocycles. The van der Waals surface area contributed by atoms with Crippen LogP contribution in [0.15, 0.2) is 42.0 Å². The van der Waals surface area contributed by atoms with Gasteiger partial charge in [0.15, 0.2) is 0 Å². The number of fused-ring (bicyclic) bond motifs is 1. The summed E-state index contributed by atoms with van der Waals surface area (Å²) in [6.07, 6.45) is 7.35. The van der Waals surface area contributed by atoms with E-state index < -0.39 is 0 Å². The summed E-state index contributed by atoms with van der Waals surface area (Å²) in [5.74, 6) is 1.38. The molecule has 4 rings (SSSR count). The van der Waals surface area contributed by atoms with Gasteiger partial charge in [-0.05, 0) is 12.5 Å². The van der Waals surface area contributed by atoms with Crippen LogP contribution in [-0.2, 0) is 19.6 Å². The zero-order valence-electron chi connectivity index (χ0n) is 13.0. The van der Waals surface area contributed by atoms with Crippen molar-refractivity contribution in [2.75, 3.05) is 11.4 Å². The maximum atomic E-state index is 12.4. The summed E-state index contributed by atoms with van der Waals surface area (Å²) in [5.41, 5.74) is 0.638. The molecule has 0 unspecified atom stereocenters. The van der Waals surface area contributed by atoms with E-state index in [0.717, 1.165) is 18.8 Å². The molecule has 9 nitrogen and oxygen atoms in total. The number of nitrogens with zero attached hydrogens (tertiary/aromatic N) is 8. The molecule has 9 heteroatoms. The fourth-order valence-corrected chi connectivity index (χ4v) is 2.82. The predicted octanol–water partition coefficient (Wildman–Crippen LogP) is 0.0834. The molecule has 0 radical (unpaired) electrons. The van der Waals surface area contributed by atoms with Gasteiger partial charge >= 0.3 is 0 Å². The van der Waals surface area contributed by atoms with Crippen molar-refractivity contribution in [3.8, 4) is 0 Å². The summed E-state index contributed by atoms with van der Waals surface area (Å²) >= 11 is 0. The van der Waals surface area contributed by atoms with Crippen LogP contribution in [0.3, 0.4) is 0 Å². The Balaban J connectivity index is 1.67. The molecule has 0 fully saturated rings. The van der Waals surface area contributed by atoms with E-state index in [1.54, 1.807) is 40.1 Å². The molecule has 1 aliphatic heterocycles. The van der Waals surface area contributed by atoms with E-state index in [4.69, 9.17) is 0 Å². The maximum Gasteiger partial charge on any atom is 0.253 e. The molecule has 0 aliphatic carbocycles. The minimum atomic E-state index is -0.0362. The zero-order chi connectivity index (χ0) is 16.4. The van der Waals surface area contributed by atoms with Gasteiger partial charge in [-0.2, -0.15) is 5.10 Å². The molecule has 3 aromatic rings. The molecule has 4 heterocycles. The Bertz CT molecular complexity index is 874. The molecule has 0 atom stereocenters. The van der Waals surface area contributed by atoms with Crippen LogP contribution >= 0.6 is 0 Å². The number of rotatable bonds is 3. The van der Waals surface area contributed by atoms with Crippen molar-refractivity contribution in [1.82, 2.24) is 34.3 Å². The average molecular weight is 324 g/mol. The Hall–Kier alpha value is -3.10. The molecule has 0 N–H and O–H groups in total. The normalized spacial score (nSPS) is 14.2. The van der Waals surface area contributed by atoms with Crippen molar-refractivity contribution in [1.29, 1.82) is 0 Å². The summed E-state index contributed by atoms with van der Waals surface area (Å²) in [6, 6.07) is 3.36. The Kier molecular flexibility index (Phi) is 3.73. The van der Waals surface area contributed by atoms with E-state index in [2.05, 4.69) is 25.0 Å². The molecule has 0 bridgehead atoms. The Morgan fingerprint density at radius 1 is 1.17 bits per heavy atom. The van der Waals surface area contributed by atoms with E-state index in [1.807, 2.05) is 4.90 Å². The molecule has 122 valence electrons. The third-order valence-electron chi connectivity index (χ3n) is 3.91. The highest BCUT2D eigenvalue weighted by Gasteiger charge is 2.19. The smallest absolute Gasteiger partial charge is 0.253 e. The monoisotopic (exact) mass is 324 g/mol. The molecular formula is C15H16N8O. The minimum Gasteiger partial charge on any atom is -0.333 e. The number of hydrogen-bond acceptors (Lipinski definition) is 7. The Labute approximate surface area is 137 Å². The largest absolute Gasteiger partial charge is 0.333 e. The lowest BCUT2D eigenvalue weighted by Gasteiger charge is -2.19. The van der Waals surface area contributed by atoms with E-state index in [1.165, 1.54) is 6.33 Å². The van der Waals surface area contributed by atoms with E-state index in [9.17, 15) is 4.79 Å². The van der Waals surface area contributed by atoms with Crippen molar-refractivity contribution in [2.45, 2.75) is 26.1 Å². The van der Waals surface area contributed by atoms with Crippen molar-refractivity contribution in [3.05, 3.63) is 59.1 Å². The van der Waals surface area contributed by atoms with Crippen molar-refractivity contribution in [2.24, 2.45) is 0 Å². The lowest BCUT2D eigenvalue weighted by atomic mass is 10.3. The summed E-state index contributed by atoms with van der Waals surface area (Å²) < 4.78 is 3.38. The summed E-state index contributed by atoms with van der Waals surface area (Å²) in [7, 11) is 0. The van der Waals surface area contributed by atoms with Gasteiger partial charge in [0.25, 0.3) is 5.56 Å². The van der Waals surface area contributed by atoms with Crippen molar-refractivity contribution in [3.63, 3.8) is 0 Å². The molecule has 0 saturated heterocycles. The first-order valence-electron chi connectivity index (χ1n) is 7.73. The minimum absolute atomic E-state index is 0.0362. The van der Waals surface area contributed by atoms with Gasteiger partial charge in [0.2, 0.25) is 5.95 Å². The third kappa shape index (κ3) is 2.87. The molecule has 0 aromatic carbocycles. The second kappa shape index (κ2) is 6.19. The lowest BCUT2D eigenvalue weighted by Crippen LogP contribution is -2.28. The molecular weight excluding hydrogens is 308 g/mol. The highest BCUT2D eigenvalue weighted by Crippen LogP contribution is 2.14. The van der Waals surface area contributed by atoms with Crippen LogP contribution in [0.4, 0.5) is 5.95 Å².